The number of fused-ring (bicyclic) bond motifs is 1. The average molecular weight is 374 g/mol. The Morgan fingerprint density at radius 3 is 2.50 bits per heavy atom. The largest absolute Gasteiger partial charge is 0.453 e. The summed E-state index contributed by atoms with van der Waals surface area (Å²) in [7, 11) is -3.71. The van der Waals surface area contributed by atoms with Crippen molar-refractivity contribution < 1.29 is 22.7 Å². The summed E-state index contributed by atoms with van der Waals surface area (Å²) in [5.74, 6) is -0.631. The number of hydrogen-bond donors (Lipinski definition) is 2. The second kappa shape index (κ2) is 7.27. The van der Waals surface area contributed by atoms with Crippen LogP contribution >= 0.6 is 0 Å². The first-order chi connectivity index (χ1) is 12.3. The number of nitrogens with two attached hydrogens (primary N) is 1. The molecular formula is C18H18N2O5S. The van der Waals surface area contributed by atoms with Gasteiger partial charge in [0.2, 0.25) is 15.9 Å². The molecule has 136 valence electrons. The number of carbonyl (C=O) groups excluding carboxylic acids is 2. The summed E-state index contributed by atoms with van der Waals surface area (Å²) in [6.45, 7) is 0.385. The van der Waals surface area contributed by atoms with E-state index in [-0.39, 0.29) is 17.2 Å². The lowest BCUT2D eigenvalue weighted by atomic mass is 10.0. The van der Waals surface area contributed by atoms with Gasteiger partial charge in [0.05, 0.1) is 16.9 Å². The first-order valence-corrected chi connectivity index (χ1v) is 9.57. The molecule has 0 saturated heterocycles. The highest BCUT2D eigenvalue weighted by Gasteiger charge is 2.31. The molecule has 0 bridgehead atoms. The summed E-state index contributed by atoms with van der Waals surface area (Å²) in [5.41, 5.74) is 2.10. The fraction of sp³-hybridized carbons (Fsp3) is 0.222. The van der Waals surface area contributed by atoms with E-state index in [2.05, 4.69) is 5.32 Å². The third-order valence-corrected chi connectivity index (χ3v) is 5.06. The van der Waals surface area contributed by atoms with E-state index in [9.17, 15) is 18.0 Å². The van der Waals surface area contributed by atoms with E-state index in [1.807, 2.05) is 0 Å². The molecule has 0 spiro atoms. The van der Waals surface area contributed by atoms with Crippen molar-refractivity contribution >= 4 is 21.9 Å². The van der Waals surface area contributed by atoms with E-state index in [1.54, 1.807) is 36.4 Å². The van der Waals surface area contributed by atoms with Gasteiger partial charge in [-0.1, -0.05) is 30.3 Å². The Morgan fingerprint density at radius 2 is 1.81 bits per heavy atom. The zero-order valence-corrected chi connectivity index (χ0v) is 14.7. The molecule has 1 heterocycles. The van der Waals surface area contributed by atoms with Gasteiger partial charge in [-0.25, -0.2) is 18.4 Å². The van der Waals surface area contributed by atoms with Crippen molar-refractivity contribution in [1.82, 2.24) is 5.32 Å². The van der Waals surface area contributed by atoms with Crippen LogP contribution in [0.15, 0.2) is 53.4 Å². The van der Waals surface area contributed by atoms with Gasteiger partial charge in [0.1, 0.15) is 6.10 Å². The molecule has 7 nitrogen and oxygen atoms in total. The first-order valence-electron chi connectivity index (χ1n) is 8.03. The summed E-state index contributed by atoms with van der Waals surface area (Å²) in [6, 6.07) is 13.2. The van der Waals surface area contributed by atoms with Crippen LogP contribution in [0, 0.1) is 0 Å². The van der Waals surface area contributed by atoms with Crippen LogP contribution in [-0.4, -0.2) is 26.8 Å². The Morgan fingerprint density at radius 1 is 1.12 bits per heavy atom. The second-order valence-electron chi connectivity index (χ2n) is 5.97. The minimum Gasteiger partial charge on any atom is -0.453 e. The molecule has 0 fully saturated rings. The van der Waals surface area contributed by atoms with Crippen molar-refractivity contribution in [1.29, 1.82) is 0 Å². The maximum absolute atomic E-state index is 12.1. The summed E-state index contributed by atoms with van der Waals surface area (Å²) in [5, 5.41) is 7.82. The Kier molecular flexibility index (Phi) is 5.06. The van der Waals surface area contributed by atoms with E-state index < -0.39 is 22.1 Å². The van der Waals surface area contributed by atoms with Crippen molar-refractivity contribution in [2.75, 3.05) is 6.54 Å². The predicted molar refractivity (Wildman–Crippen MR) is 93.7 cm³/mol. The molecule has 1 aliphatic heterocycles. The maximum atomic E-state index is 12.1. The Bertz CT molecular complexity index is 938. The summed E-state index contributed by atoms with van der Waals surface area (Å²) < 4.78 is 27.7. The van der Waals surface area contributed by atoms with E-state index in [4.69, 9.17) is 9.88 Å². The van der Waals surface area contributed by atoms with E-state index in [1.165, 1.54) is 12.1 Å². The number of amides is 1. The van der Waals surface area contributed by atoms with Crippen LogP contribution in [0.4, 0.5) is 0 Å². The van der Waals surface area contributed by atoms with Crippen LogP contribution in [0.5, 0.6) is 0 Å². The maximum Gasteiger partial charge on any atom is 0.339 e. The summed E-state index contributed by atoms with van der Waals surface area (Å²) >= 11 is 0. The van der Waals surface area contributed by atoms with Gasteiger partial charge in [0, 0.05) is 12.1 Å². The van der Waals surface area contributed by atoms with E-state index in [0.717, 1.165) is 11.1 Å². The van der Waals surface area contributed by atoms with Crippen LogP contribution < -0.4 is 10.5 Å². The first kappa shape index (κ1) is 18.1. The number of esters is 1. The van der Waals surface area contributed by atoms with Gasteiger partial charge < -0.3 is 10.1 Å². The number of sulfonamides is 1. The lowest BCUT2D eigenvalue weighted by Crippen LogP contribution is -2.27. The third kappa shape index (κ3) is 4.09. The van der Waals surface area contributed by atoms with Crippen LogP contribution in [0.3, 0.4) is 0 Å². The minimum atomic E-state index is -3.71. The Balaban J connectivity index is 1.50. The Labute approximate surface area is 151 Å². The summed E-state index contributed by atoms with van der Waals surface area (Å²) in [4.78, 5) is 23.9. The zero-order valence-electron chi connectivity index (χ0n) is 13.8. The number of hydrogen-bond acceptors (Lipinski definition) is 5. The molecule has 0 radical (unpaired) electrons. The fourth-order valence-corrected chi connectivity index (χ4v) is 3.32. The number of benzene rings is 2. The standard InChI is InChI=1S/C18H18N2O5S/c19-26(23,24)13-7-5-12(6-8-13)9-10-20-17(21)11-16-14-3-1-2-4-15(14)18(22)25-16/h1-8,16H,9-11H2,(H,20,21)(H2,19,23,24)/t16-/m0/s1. The van der Waals surface area contributed by atoms with E-state index >= 15 is 0 Å². The number of nitrogens with one attached hydrogen (secondary N) is 1. The second-order valence-corrected chi connectivity index (χ2v) is 7.54. The van der Waals surface area contributed by atoms with Gasteiger partial charge >= 0.3 is 5.97 Å². The number of rotatable bonds is 6. The Hall–Kier alpha value is -2.71. The molecule has 0 unspecified atom stereocenters. The molecule has 0 aromatic heterocycles. The van der Waals surface area contributed by atoms with Crippen LogP contribution in [-0.2, 0) is 26.0 Å². The molecule has 1 aliphatic rings. The predicted octanol–water partition coefficient (Wildman–Crippen LogP) is 1.29. The van der Waals surface area contributed by atoms with Gasteiger partial charge in [-0.05, 0) is 30.2 Å². The van der Waals surface area contributed by atoms with Crippen LogP contribution in [0.1, 0.15) is 34.0 Å². The highest BCUT2D eigenvalue weighted by molar-refractivity contribution is 7.89. The quantitative estimate of drug-likeness (QED) is 0.739. The molecular weight excluding hydrogens is 356 g/mol. The van der Waals surface area contributed by atoms with Crippen LogP contribution in [0.2, 0.25) is 0 Å². The molecule has 3 N–H and O–H groups in total. The van der Waals surface area contributed by atoms with Crippen LogP contribution in [0.25, 0.3) is 0 Å². The zero-order chi connectivity index (χ0) is 18.7. The lowest BCUT2D eigenvalue weighted by molar-refractivity contribution is -0.122. The van der Waals surface area contributed by atoms with Gasteiger partial charge in [-0.2, -0.15) is 0 Å². The lowest BCUT2D eigenvalue weighted by Gasteiger charge is -2.11. The van der Waals surface area contributed by atoms with Gasteiger partial charge in [-0.15, -0.1) is 0 Å². The third-order valence-electron chi connectivity index (χ3n) is 4.14. The molecule has 3 rings (SSSR count). The molecule has 8 heteroatoms. The molecule has 0 aliphatic carbocycles. The number of ether oxygens (including phenoxy) is 1. The van der Waals surface area contributed by atoms with Crippen molar-refractivity contribution in [3.05, 3.63) is 65.2 Å². The molecule has 0 saturated carbocycles. The van der Waals surface area contributed by atoms with Crippen molar-refractivity contribution in [2.45, 2.75) is 23.8 Å². The minimum absolute atomic E-state index is 0.0481. The van der Waals surface area contributed by atoms with Gasteiger partial charge in [0.15, 0.2) is 0 Å². The molecule has 1 amide bonds. The normalized spacial score (nSPS) is 16.0. The van der Waals surface area contributed by atoms with Gasteiger partial charge in [-0.3, -0.25) is 4.79 Å². The molecule has 26 heavy (non-hydrogen) atoms. The molecule has 2 aromatic carbocycles. The van der Waals surface area contributed by atoms with Crippen molar-refractivity contribution in [2.24, 2.45) is 5.14 Å². The fourth-order valence-electron chi connectivity index (χ4n) is 2.80. The average Bonchev–Trinajstić information content (AvgIpc) is 2.91. The topological polar surface area (TPSA) is 116 Å². The monoisotopic (exact) mass is 374 g/mol. The smallest absolute Gasteiger partial charge is 0.339 e. The summed E-state index contributed by atoms with van der Waals surface area (Å²) in [6.07, 6.45) is 0.0397. The highest BCUT2D eigenvalue weighted by Crippen LogP contribution is 2.32. The van der Waals surface area contributed by atoms with Crippen molar-refractivity contribution in [3.63, 3.8) is 0 Å². The highest BCUT2D eigenvalue weighted by atomic mass is 32.2. The molecule has 1 atom stereocenters. The number of cyclic esters (lactones) is 1. The molecule has 2 aromatic rings. The SMILES string of the molecule is NS(=O)(=O)c1ccc(CCNC(=O)C[C@@H]2OC(=O)c3ccccc32)cc1. The van der Waals surface area contributed by atoms with Gasteiger partial charge in [0.25, 0.3) is 0 Å². The number of carbonyl (C=O) groups is 2. The van der Waals surface area contributed by atoms with E-state index in [0.29, 0.717) is 18.5 Å². The van der Waals surface area contributed by atoms with Crippen molar-refractivity contribution in [3.8, 4) is 0 Å². The number of primary sulfonamides is 1.